The molecule has 0 spiro atoms. The molecule has 0 fully saturated rings. The van der Waals surface area contributed by atoms with Crippen molar-refractivity contribution in [3.63, 3.8) is 0 Å². The first-order valence-electron chi connectivity index (χ1n) is 5.57. The summed E-state index contributed by atoms with van der Waals surface area (Å²) in [6, 6.07) is 3.29. The van der Waals surface area contributed by atoms with Crippen LogP contribution in [0.4, 0.5) is 13.2 Å². The maximum absolute atomic E-state index is 12.0. The van der Waals surface area contributed by atoms with Crippen LogP contribution in [0.3, 0.4) is 0 Å². The lowest BCUT2D eigenvalue weighted by Gasteiger charge is -2.12. The summed E-state index contributed by atoms with van der Waals surface area (Å²) in [5.74, 6) is -1.07. The molecule has 2 N–H and O–H groups in total. The molecule has 1 aromatic rings. The van der Waals surface area contributed by atoms with Crippen molar-refractivity contribution in [1.29, 1.82) is 0 Å². The predicted octanol–water partition coefficient (Wildman–Crippen LogP) is 0.895. The Labute approximate surface area is 119 Å². The standard InChI is InChI=1S/C11H13F3N2O4S/c1-15-21(18,19)9-5-7(3-4-8(9)20-2)10(17)16-6-11(12,13)14/h3-5,15H,6H2,1-2H3,(H,16,17). The smallest absolute Gasteiger partial charge is 0.405 e. The molecule has 0 aliphatic heterocycles. The number of hydrogen-bond donors (Lipinski definition) is 2. The van der Waals surface area contributed by atoms with E-state index in [1.54, 1.807) is 5.32 Å². The van der Waals surface area contributed by atoms with Crippen molar-refractivity contribution >= 4 is 15.9 Å². The zero-order chi connectivity index (χ0) is 16.3. The van der Waals surface area contributed by atoms with Gasteiger partial charge in [-0.05, 0) is 25.2 Å². The summed E-state index contributed by atoms with van der Waals surface area (Å²) in [4.78, 5) is 11.3. The minimum absolute atomic E-state index is 0.0308. The topological polar surface area (TPSA) is 84.5 Å². The summed E-state index contributed by atoms with van der Waals surface area (Å²) in [5.41, 5.74) is -0.228. The van der Waals surface area contributed by atoms with Gasteiger partial charge in [-0.1, -0.05) is 0 Å². The average molecular weight is 326 g/mol. The number of carbonyl (C=O) groups is 1. The molecule has 0 aliphatic carbocycles. The summed E-state index contributed by atoms with van der Waals surface area (Å²) in [6.45, 7) is -1.51. The van der Waals surface area contributed by atoms with Gasteiger partial charge in [-0.3, -0.25) is 4.79 Å². The molecule has 0 bridgehead atoms. The number of halogens is 3. The molecular weight excluding hydrogens is 313 g/mol. The van der Waals surface area contributed by atoms with Crippen LogP contribution in [0.1, 0.15) is 10.4 Å². The second-order valence-electron chi connectivity index (χ2n) is 3.87. The van der Waals surface area contributed by atoms with E-state index in [1.807, 2.05) is 4.72 Å². The molecule has 0 radical (unpaired) electrons. The van der Waals surface area contributed by atoms with E-state index < -0.39 is 28.7 Å². The molecule has 21 heavy (non-hydrogen) atoms. The summed E-state index contributed by atoms with van der Waals surface area (Å²) in [5, 5.41) is 1.65. The zero-order valence-corrected chi connectivity index (χ0v) is 11.9. The number of methoxy groups -OCH3 is 1. The van der Waals surface area contributed by atoms with Crippen molar-refractivity contribution in [3.05, 3.63) is 23.8 Å². The van der Waals surface area contributed by atoms with Crippen molar-refractivity contribution in [2.45, 2.75) is 11.1 Å². The van der Waals surface area contributed by atoms with E-state index in [0.29, 0.717) is 0 Å². The van der Waals surface area contributed by atoms with E-state index >= 15 is 0 Å². The number of ether oxygens (including phenoxy) is 1. The highest BCUT2D eigenvalue weighted by atomic mass is 32.2. The van der Waals surface area contributed by atoms with Crippen molar-refractivity contribution in [2.75, 3.05) is 20.7 Å². The van der Waals surface area contributed by atoms with Gasteiger partial charge >= 0.3 is 6.18 Å². The Balaban J connectivity index is 3.12. The Bertz CT molecular complexity index is 629. The fourth-order valence-electron chi connectivity index (χ4n) is 1.42. The van der Waals surface area contributed by atoms with E-state index in [-0.39, 0.29) is 16.2 Å². The van der Waals surface area contributed by atoms with Crippen molar-refractivity contribution in [3.8, 4) is 5.75 Å². The first kappa shape index (κ1) is 17.2. The molecule has 0 aliphatic rings. The highest BCUT2D eigenvalue weighted by molar-refractivity contribution is 7.89. The highest BCUT2D eigenvalue weighted by Gasteiger charge is 2.28. The lowest BCUT2D eigenvalue weighted by Crippen LogP contribution is -2.33. The molecule has 0 aromatic heterocycles. The Kier molecular flexibility index (Phi) is 5.18. The number of benzene rings is 1. The first-order valence-corrected chi connectivity index (χ1v) is 7.05. The highest BCUT2D eigenvalue weighted by Crippen LogP contribution is 2.24. The minimum Gasteiger partial charge on any atom is -0.495 e. The summed E-state index contributed by atoms with van der Waals surface area (Å²) < 4.78 is 66.5. The number of sulfonamides is 1. The van der Waals surface area contributed by atoms with Gasteiger partial charge in [-0.15, -0.1) is 0 Å². The fourth-order valence-corrected chi connectivity index (χ4v) is 2.34. The predicted molar refractivity (Wildman–Crippen MR) is 67.6 cm³/mol. The lowest BCUT2D eigenvalue weighted by molar-refractivity contribution is -0.123. The van der Waals surface area contributed by atoms with E-state index in [1.165, 1.54) is 19.2 Å². The Morgan fingerprint density at radius 1 is 1.33 bits per heavy atom. The zero-order valence-electron chi connectivity index (χ0n) is 11.1. The van der Waals surface area contributed by atoms with E-state index in [2.05, 4.69) is 0 Å². The molecule has 0 saturated carbocycles. The van der Waals surface area contributed by atoms with Crippen LogP contribution < -0.4 is 14.8 Å². The first-order chi connectivity index (χ1) is 9.60. The maximum atomic E-state index is 12.0. The maximum Gasteiger partial charge on any atom is 0.405 e. The van der Waals surface area contributed by atoms with Gasteiger partial charge in [0.25, 0.3) is 5.91 Å². The number of hydrogen-bond acceptors (Lipinski definition) is 4. The van der Waals surface area contributed by atoms with E-state index in [9.17, 15) is 26.4 Å². The van der Waals surface area contributed by atoms with Crippen LogP contribution in [0.2, 0.25) is 0 Å². The van der Waals surface area contributed by atoms with Gasteiger partial charge in [-0.2, -0.15) is 13.2 Å². The molecule has 118 valence electrons. The van der Waals surface area contributed by atoms with Crippen LogP contribution in [0, 0.1) is 0 Å². The van der Waals surface area contributed by atoms with Crippen LogP contribution in [-0.4, -0.2) is 41.2 Å². The molecule has 1 aromatic carbocycles. The van der Waals surface area contributed by atoms with Crippen LogP contribution >= 0.6 is 0 Å². The van der Waals surface area contributed by atoms with Crippen molar-refractivity contribution < 1.29 is 31.1 Å². The molecule has 1 rings (SSSR count). The second-order valence-corrected chi connectivity index (χ2v) is 5.73. The van der Waals surface area contributed by atoms with Gasteiger partial charge in [-0.25, -0.2) is 13.1 Å². The van der Waals surface area contributed by atoms with Gasteiger partial charge in [0, 0.05) is 5.56 Å². The van der Waals surface area contributed by atoms with Crippen LogP contribution in [-0.2, 0) is 10.0 Å². The molecular formula is C11H13F3N2O4S. The third-order valence-electron chi connectivity index (χ3n) is 2.43. The number of nitrogens with one attached hydrogen (secondary N) is 2. The van der Waals surface area contributed by atoms with Crippen molar-refractivity contribution in [2.24, 2.45) is 0 Å². The third-order valence-corrected chi connectivity index (χ3v) is 3.87. The monoisotopic (exact) mass is 326 g/mol. The summed E-state index contributed by atoms with van der Waals surface area (Å²) >= 11 is 0. The van der Waals surface area contributed by atoms with Crippen LogP contribution in [0.5, 0.6) is 5.75 Å². The number of rotatable bonds is 5. The number of amides is 1. The largest absolute Gasteiger partial charge is 0.495 e. The Hall–Kier alpha value is -1.81. The summed E-state index contributed by atoms with van der Waals surface area (Å²) in [7, 11) is -1.53. The third kappa shape index (κ3) is 4.60. The van der Waals surface area contributed by atoms with Crippen LogP contribution in [0.25, 0.3) is 0 Å². The molecule has 0 atom stereocenters. The minimum atomic E-state index is -4.55. The fraction of sp³-hybridized carbons (Fsp3) is 0.364. The summed E-state index contributed by atoms with van der Waals surface area (Å²) in [6.07, 6.45) is -4.55. The quantitative estimate of drug-likeness (QED) is 0.842. The number of carbonyl (C=O) groups excluding carboxylic acids is 1. The van der Waals surface area contributed by atoms with Gasteiger partial charge in [0.05, 0.1) is 7.11 Å². The van der Waals surface area contributed by atoms with Gasteiger partial charge in [0.15, 0.2) is 0 Å². The average Bonchev–Trinajstić information content (AvgIpc) is 2.43. The van der Waals surface area contributed by atoms with Gasteiger partial charge in [0.2, 0.25) is 10.0 Å². The second kappa shape index (κ2) is 6.31. The van der Waals surface area contributed by atoms with Crippen LogP contribution in [0.15, 0.2) is 23.1 Å². The normalized spacial score (nSPS) is 12.0. The molecule has 0 unspecified atom stereocenters. The van der Waals surface area contributed by atoms with Crippen molar-refractivity contribution in [1.82, 2.24) is 10.0 Å². The molecule has 0 heterocycles. The molecule has 10 heteroatoms. The molecule has 6 nitrogen and oxygen atoms in total. The Morgan fingerprint density at radius 2 is 1.95 bits per heavy atom. The SMILES string of the molecule is CNS(=O)(=O)c1cc(C(=O)NCC(F)(F)F)ccc1OC. The van der Waals surface area contributed by atoms with E-state index in [4.69, 9.17) is 4.74 Å². The van der Waals surface area contributed by atoms with E-state index in [0.717, 1.165) is 13.1 Å². The lowest BCUT2D eigenvalue weighted by atomic mass is 10.2. The molecule has 1 amide bonds. The Morgan fingerprint density at radius 3 is 2.43 bits per heavy atom. The number of alkyl halides is 3. The molecule has 0 saturated heterocycles. The van der Waals surface area contributed by atoms with Gasteiger partial charge < -0.3 is 10.1 Å². The van der Waals surface area contributed by atoms with Gasteiger partial charge in [0.1, 0.15) is 17.2 Å².